The molecule has 1 amide bonds. The number of benzene rings is 2. The topological polar surface area (TPSA) is 106 Å². The van der Waals surface area contributed by atoms with Crippen molar-refractivity contribution in [3.05, 3.63) is 53.7 Å². The van der Waals surface area contributed by atoms with Crippen molar-refractivity contribution in [1.82, 2.24) is 5.32 Å². The molecule has 12 heteroatoms. The van der Waals surface area contributed by atoms with Crippen LogP contribution in [0.4, 0.5) is 20.2 Å². The van der Waals surface area contributed by atoms with Crippen LogP contribution in [0.25, 0.3) is 0 Å². The van der Waals surface area contributed by atoms with E-state index in [1.807, 2.05) is 6.92 Å². The monoisotopic (exact) mass is 499 g/mol. The quantitative estimate of drug-likeness (QED) is 0.476. The van der Waals surface area contributed by atoms with Gasteiger partial charge in [-0.05, 0) is 53.3 Å². The molecule has 2 aromatic rings. The molecule has 0 bridgehead atoms. The first-order chi connectivity index (χ1) is 15.5. The second-order valence-corrected chi connectivity index (χ2v) is 9.57. The summed E-state index contributed by atoms with van der Waals surface area (Å²) in [5, 5.41) is 5.90. The SMILES string of the molecule is COc1cc(NC(=O)C2=C(C)NCCC2)ccc1S(=O)(=O)Nc1cccc(OC(F)(F)P)c1. The van der Waals surface area contributed by atoms with Gasteiger partial charge in [-0.25, -0.2) is 8.42 Å². The van der Waals surface area contributed by atoms with Gasteiger partial charge in [-0.2, -0.15) is 8.78 Å². The third-order valence-corrected chi connectivity index (χ3v) is 6.31. The van der Waals surface area contributed by atoms with Crippen molar-refractivity contribution in [2.24, 2.45) is 0 Å². The Hall–Kier alpha value is -2.91. The lowest BCUT2D eigenvalue weighted by molar-refractivity contribution is -0.113. The molecule has 1 aliphatic heterocycles. The van der Waals surface area contributed by atoms with E-state index in [4.69, 9.17) is 4.74 Å². The molecule has 1 aliphatic rings. The van der Waals surface area contributed by atoms with Crippen LogP contribution in [0.15, 0.2) is 58.6 Å². The normalized spacial score (nSPS) is 14.3. The number of hydrogen-bond donors (Lipinski definition) is 3. The maximum absolute atomic E-state index is 13.1. The Bertz CT molecular complexity index is 1180. The number of carbonyl (C=O) groups excluding carboxylic acids is 1. The molecule has 0 radical (unpaired) electrons. The first-order valence-corrected chi connectivity index (χ1v) is 12.0. The number of amides is 1. The molecule has 3 rings (SSSR count). The number of methoxy groups -OCH3 is 1. The summed E-state index contributed by atoms with van der Waals surface area (Å²) < 4.78 is 63.9. The Labute approximate surface area is 193 Å². The molecule has 1 unspecified atom stereocenters. The average Bonchev–Trinajstić information content (AvgIpc) is 2.72. The fourth-order valence-electron chi connectivity index (χ4n) is 3.28. The van der Waals surface area contributed by atoms with Crippen molar-refractivity contribution < 1.29 is 31.5 Å². The van der Waals surface area contributed by atoms with Crippen molar-refractivity contribution in [1.29, 1.82) is 0 Å². The summed E-state index contributed by atoms with van der Waals surface area (Å²) in [4.78, 5) is 12.4. The molecule has 0 aromatic heterocycles. The van der Waals surface area contributed by atoms with Gasteiger partial charge in [-0.1, -0.05) is 6.07 Å². The molecule has 0 aliphatic carbocycles. The lowest BCUT2D eigenvalue weighted by Crippen LogP contribution is -2.26. The second-order valence-electron chi connectivity index (χ2n) is 7.25. The van der Waals surface area contributed by atoms with Gasteiger partial charge in [0.25, 0.3) is 15.9 Å². The maximum Gasteiger partial charge on any atom is 0.408 e. The summed E-state index contributed by atoms with van der Waals surface area (Å²) in [7, 11) is -1.61. The van der Waals surface area contributed by atoms with Gasteiger partial charge in [-0.3, -0.25) is 9.52 Å². The average molecular weight is 499 g/mol. The lowest BCUT2D eigenvalue weighted by atomic mass is 10.0. The fourth-order valence-corrected chi connectivity index (χ4v) is 4.62. The molecule has 0 saturated carbocycles. The highest BCUT2D eigenvalue weighted by atomic mass is 32.2. The van der Waals surface area contributed by atoms with Crippen molar-refractivity contribution in [2.45, 2.75) is 30.5 Å². The molecule has 3 N–H and O–H groups in total. The number of nitrogens with one attached hydrogen (secondary N) is 3. The minimum Gasteiger partial charge on any atom is -0.495 e. The lowest BCUT2D eigenvalue weighted by Gasteiger charge is -2.19. The molecule has 8 nitrogen and oxygen atoms in total. The van der Waals surface area contributed by atoms with E-state index in [0.717, 1.165) is 24.7 Å². The smallest absolute Gasteiger partial charge is 0.408 e. The highest BCUT2D eigenvalue weighted by Gasteiger charge is 2.25. The van der Waals surface area contributed by atoms with E-state index >= 15 is 0 Å². The number of sulfonamides is 1. The van der Waals surface area contributed by atoms with E-state index in [1.165, 1.54) is 52.7 Å². The Morgan fingerprint density at radius 3 is 2.61 bits per heavy atom. The van der Waals surface area contributed by atoms with Gasteiger partial charge in [0.1, 0.15) is 16.4 Å². The number of carbonyl (C=O) groups is 1. The van der Waals surface area contributed by atoms with Gasteiger partial charge in [0.05, 0.1) is 12.8 Å². The molecule has 0 spiro atoms. The van der Waals surface area contributed by atoms with Gasteiger partial charge in [0, 0.05) is 35.6 Å². The molecule has 1 heterocycles. The van der Waals surface area contributed by atoms with E-state index in [-0.39, 0.29) is 28.0 Å². The number of alkyl halides is 2. The summed E-state index contributed by atoms with van der Waals surface area (Å²) in [6.45, 7) is 2.64. The minimum atomic E-state index is -4.15. The van der Waals surface area contributed by atoms with Gasteiger partial charge in [0.2, 0.25) is 0 Å². The van der Waals surface area contributed by atoms with Crippen LogP contribution in [0.2, 0.25) is 0 Å². The van der Waals surface area contributed by atoms with Crippen LogP contribution in [0.3, 0.4) is 0 Å². The molecule has 2 aromatic carbocycles. The zero-order valence-corrected chi connectivity index (χ0v) is 19.9. The molecule has 0 fully saturated rings. The van der Waals surface area contributed by atoms with Gasteiger partial charge >= 0.3 is 5.85 Å². The van der Waals surface area contributed by atoms with Gasteiger partial charge in [0.15, 0.2) is 0 Å². The van der Waals surface area contributed by atoms with E-state index in [2.05, 4.69) is 20.1 Å². The molecular weight excluding hydrogens is 475 g/mol. The molecule has 178 valence electrons. The predicted octanol–water partition coefficient (Wildman–Crippen LogP) is 3.90. The van der Waals surface area contributed by atoms with Gasteiger partial charge in [-0.15, -0.1) is 0 Å². The van der Waals surface area contributed by atoms with Crippen LogP contribution in [0.5, 0.6) is 11.5 Å². The van der Waals surface area contributed by atoms with E-state index < -0.39 is 15.9 Å². The number of rotatable bonds is 8. The first kappa shape index (κ1) is 24.7. The summed E-state index contributed by atoms with van der Waals surface area (Å²) >= 11 is 0. The summed E-state index contributed by atoms with van der Waals surface area (Å²) in [6, 6.07) is 9.28. The van der Waals surface area contributed by atoms with Gasteiger partial charge < -0.3 is 20.1 Å². The van der Waals surface area contributed by atoms with E-state index in [0.29, 0.717) is 17.7 Å². The van der Waals surface area contributed by atoms with Crippen LogP contribution in [0, 0.1) is 0 Å². The van der Waals surface area contributed by atoms with Crippen LogP contribution in [-0.4, -0.2) is 33.8 Å². The summed E-state index contributed by atoms with van der Waals surface area (Å²) in [5.74, 6) is -4.00. The number of ether oxygens (including phenoxy) is 2. The number of hydrogen-bond acceptors (Lipinski definition) is 6. The number of allylic oxidation sites excluding steroid dienone is 1. The molecule has 0 saturated heterocycles. The summed E-state index contributed by atoms with van der Waals surface area (Å²) in [5.41, 5.74) is 1.82. The Balaban J connectivity index is 1.81. The minimum absolute atomic E-state index is 0.00309. The number of anilines is 2. The van der Waals surface area contributed by atoms with Crippen LogP contribution >= 0.6 is 9.24 Å². The fraction of sp³-hybridized carbons (Fsp3) is 0.286. The Kier molecular flexibility index (Phi) is 7.44. The predicted molar refractivity (Wildman–Crippen MR) is 124 cm³/mol. The molecular formula is C21H24F2N3O5PS. The zero-order valence-electron chi connectivity index (χ0n) is 17.9. The third-order valence-electron chi connectivity index (χ3n) is 4.77. The Morgan fingerprint density at radius 2 is 1.94 bits per heavy atom. The zero-order chi connectivity index (χ0) is 24.2. The van der Waals surface area contributed by atoms with Crippen LogP contribution in [-0.2, 0) is 14.8 Å². The van der Waals surface area contributed by atoms with Crippen molar-refractivity contribution in [3.8, 4) is 11.5 Å². The first-order valence-electron chi connectivity index (χ1n) is 9.90. The molecule has 33 heavy (non-hydrogen) atoms. The number of halogens is 2. The standard InChI is InChI=1S/C21H24F2N3O5PS/c1-13-17(7-4-10-24-13)20(27)25-14-8-9-19(18(12-14)30-2)33(28,29)26-15-5-3-6-16(11-15)31-21(22,23)32/h3,5-6,8-9,11-12,24,26H,4,7,10,32H2,1-2H3,(H,25,27). The van der Waals surface area contributed by atoms with E-state index in [9.17, 15) is 22.0 Å². The van der Waals surface area contributed by atoms with Crippen LogP contribution in [0.1, 0.15) is 19.8 Å². The van der Waals surface area contributed by atoms with E-state index in [1.54, 1.807) is 0 Å². The summed E-state index contributed by atoms with van der Waals surface area (Å²) in [6.07, 6.45) is 1.48. The second kappa shape index (κ2) is 9.93. The Morgan fingerprint density at radius 1 is 1.18 bits per heavy atom. The largest absolute Gasteiger partial charge is 0.495 e. The van der Waals surface area contributed by atoms with Crippen molar-refractivity contribution >= 4 is 36.5 Å². The highest BCUT2D eigenvalue weighted by molar-refractivity contribution is 7.92. The van der Waals surface area contributed by atoms with Crippen LogP contribution < -0.4 is 24.8 Å². The molecule has 1 atom stereocenters. The van der Waals surface area contributed by atoms with Crippen molar-refractivity contribution in [2.75, 3.05) is 23.7 Å². The highest BCUT2D eigenvalue weighted by Crippen LogP contribution is 2.32. The maximum atomic E-state index is 13.1. The third kappa shape index (κ3) is 6.55. The van der Waals surface area contributed by atoms with Crippen molar-refractivity contribution in [3.63, 3.8) is 0 Å².